The molecular formula is C19H17ClN4O2. The zero-order valence-corrected chi connectivity index (χ0v) is 15.4. The molecule has 0 unspecified atom stereocenters. The molecule has 0 bridgehead atoms. The summed E-state index contributed by atoms with van der Waals surface area (Å²) in [4.78, 5) is 27.0. The summed E-state index contributed by atoms with van der Waals surface area (Å²) < 4.78 is 0. The molecule has 6 nitrogen and oxygen atoms in total. The maximum Gasteiger partial charge on any atom is 0.263 e. The minimum absolute atomic E-state index is 0.343. The molecule has 0 saturated carbocycles. The number of hydrogen-bond acceptors (Lipinski definition) is 5. The zero-order valence-electron chi connectivity index (χ0n) is 14.6. The Labute approximate surface area is 156 Å². The van der Waals surface area contributed by atoms with Crippen molar-refractivity contribution in [2.75, 3.05) is 9.91 Å². The van der Waals surface area contributed by atoms with Gasteiger partial charge in [-0.3, -0.25) is 9.59 Å². The van der Waals surface area contributed by atoms with Gasteiger partial charge in [-0.05, 0) is 61.7 Å². The normalized spacial score (nSPS) is 21.7. The molecule has 2 heterocycles. The van der Waals surface area contributed by atoms with Gasteiger partial charge in [0.25, 0.3) is 11.8 Å². The highest BCUT2D eigenvalue weighted by molar-refractivity contribution is 6.32. The second-order valence-corrected chi connectivity index (χ2v) is 7.14. The van der Waals surface area contributed by atoms with E-state index in [4.69, 9.17) is 11.6 Å². The van der Waals surface area contributed by atoms with Crippen LogP contribution in [0.1, 0.15) is 16.7 Å². The van der Waals surface area contributed by atoms with E-state index in [9.17, 15) is 9.59 Å². The summed E-state index contributed by atoms with van der Waals surface area (Å²) in [5.41, 5.74) is 4.20. The van der Waals surface area contributed by atoms with Crippen molar-refractivity contribution in [1.29, 1.82) is 0 Å². The highest BCUT2D eigenvalue weighted by Gasteiger charge is 2.55. The lowest BCUT2D eigenvalue weighted by atomic mass is 10.1. The van der Waals surface area contributed by atoms with Crippen LogP contribution in [0.5, 0.6) is 0 Å². The van der Waals surface area contributed by atoms with Gasteiger partial charge in [0, 0.05) is 5.02 Å². The van der Waals surface area contributed by atoms with Gasteiger partial charge >= 0.3 is 0 Å². The van der Waals surface area contributed by atoms with Crippen LogP contribution >= 0.6 is 11.6 Å². The molecule has 26 heavy (non-hydrogen) atoms. The Morgan fingerprint density at radius 3 is 2.27 bits per heavy atom. The average molecular weight is 369 g/mol. The third-order valence-corrected chi connectivity index (χ3v) is 5.07. The van der Waals surface area contributed by atoms with Crippen molar-refractivity contribution in [2.45, 2.75) is 32.9 Å². The molecule has 0 aromatic heterocycles. The minimum Gasteiger partial charge on any atom is -0.271 e. The smallest absolute Gasteiger partial charge is 0.263 e. The first kappa shape index (κ1) is 16.7. The summed E-state index contributed by atoms with van der Waals surface area (Å²) in [5, 5.41) is 10.2. The second kappa shape index (κ2) is 5.92. The Morgan fingerprint density at radius 1 is 0.923 bits per heavy atom. The number of amides is 2. The molecule has 0 spiro atoms. The molecule has 0 aliphatic carbocycles. The molecule has 4 rings (SSSR count). The maximum absolute atomic E-state index is 13.0. The lowest BCUT2D eigenvalue weighted by Gasteiger charge is -2.21. The first-order chi connectivity index (χ1) is 12.4. The quantitative estimate of drug-likeness (QED) is 0.758. The molecule has 2 aliphatic rings. The molecule has 1 fully saturated rings. The molecule has 132 valence electrons. The Morgan fingerprint density at radius 2 is 1.62 bits per heavy atom. The lowest BCUT2D eigenvalue weighted by Crippen LogP contribution is -2.40. The van der Waals surface area contributed by atoms with Gasteiger partial charge in [-0.25, -0.2) is 9.91 Å². The molecule has 2 atom stereocenters. The fourth-order valence-electron chi connectivity index (χ4n) is 3.43. The summed E-state index contributed by atoms with van der Waals surface area (Å²) in [6.45, 7) is 5.82. The van der Waals surface area contributed by atoms with E-state index in [2.05, 4.69) is 10.3 Å². The standard InChI is InChI=1S/C19H17ClN4O2/c1-10-6-11(2)8-14(7-10)24-17-16(21-22-24)18(25)23(19(17)26)13-5-4-12(3)15(20)9-13/h4-9,16-17H,1-3H3/t16-,17+/m0/s1. The van der Waals surface area contributed by atoms with Gasteiger partial charge < -0.3 is 0 Å². The van der Waals surface area contributed by atoms with E-state index in [0.29, 0.717) is 10.7 Å². The van der Waals surface area contributed by atoms with Crippen LogP contribution < -0.4 is 9.91 Å². The average Bonchev–Trinajstić information content (AvgIpc) is 3.11. The van der Waals surface area contributed by atoms with E-state index in [-0.39, 0.29) is 11.8 Å². The predicted octanol–water partition coefficient (Wildman–Crippen LogP) is 3.76. The zero-order chi connectivity index (χ0) is 18.6. The van der Waals surface area contributed by atoms with Gasteiger partial charge in [0.05, 0.1) is 11.4 Å². The van der Waals surface area contributed by atoms with E-state index in [0.717, 1.165) is 27.3 Å². The van der Waals surface area contributed by atoms with Crippen molar-refractivity contribution < 1.29 is 9.59 Å². The van der Waals surface area contributed by atoms with Crippen molar-refractivity contribution in [3.8, 4) is 0 Å². The maximum atomic E-state index is 13.0. The van der Waals surface area contributed by atoms with Crippen molar-refractivity contribution >= 4 is 34.8 Å². The molecule has 2 amide bonds. The number of fused-ring (bicyclic) bond motifs is 1. The number of nitrogens with zero attached hydrogens (tertiary/aromatic N) is 4. The number of rotatable bonds is 2. The van der Waals surface area contributed by atoms with Crippen LogP contribution in [-0.2, 0) is 9.59 Å². The van der Waals surface area contributed by atoms with E-state index in [1.165, 1.54) is 0 Å². The summed E-state index contributed by atoms with van der Waals surface area (Å²) in [5.74, 6) is -0.723. The summed E-state index contributed by atoms with van der Waals surface area (Å²) in [6, 6.07) is 9.44. The van der Waals surface area contributed by atoms with Crippen molar-refractivity contribution in [3.63, 3.8) is 0 Å². The van der Waals surface area contributed by atoms with Gasteiger partial charge in [-0.2, -0.15) is 5.11 Å². The Hall–Kier alpha value is -2.73. The molecule has 7 heteroatoms. The number of hydrogen-bond donors (Lipinski definition) is 0. The van der Waals surface area contributed by atoms with Gasteiger partial charge in [0.2, 0.25) is 0 Å². The summed E-state index contributed by atoms with van der Waals surface area (Å²) in [6.07, 6.45) is 0. The fraction of sp³-hybridized carbons (Fsp3) is 0.263. The van der Waals surface area contributed by atoms with Crippen LogP contribution in [-0.4, -0.2) is 23.9 Å². The molecule has 2 aliphatic heterocycles. The number of benzene rings is 2. The molecule has 2 aromatic carbocycles. The van der Waals surface area contributed by atoms with Crippen LogP contribution in [0.15, 0.2) is 46.7 Å². The van der Waals surface area contributed by atoms with Crippen LogP contribution in [0.4, 0.5) is 11.4 Å². The van der Waals surface area contributed by atoms with Crippen molar-refractivity contribution in [3.05, 3.63) is 58.1 Å². The van der Waals surface area contributed by atoms with Crippen LogP contribution in [0.2, 0.25) is 5.02 Å². The summed E-state index contributed by atoms with van der Waals surface area (Å²) in [7, 11) is 0. The van der Waals surface area contributed by atoms with E-state index < -0.39 is 12.1 Å². The highest BCUT2D eigenvalue weighted by atomic mass is 35.5. The third kappa shape index (κ3) is 2.49. The largest absolute Gasteiger partial charge is 0.271 e. The Bertz CT molecular complexity index is 952. The molecule has 0 radical (unpaired) electrons. The Balaban J connectivity index is 1.72. The van der Waals surface area contributed by atoms with Crippen LogP contribution in [0, 0.1) is 20.8 Å². The third-order valence-electron chi connectivity index (χ3n) is 4.67. The second-order valence-electron chi connectivity index (χ2n) is 6.73. The number of carbonyl (C=O) groups is 2. The van der Waals surface area contributed by atoms with Crippen LogP contribution in [0.25, 0.3) is 0 Å². The van der Waals surface area contributed by atoms with E-state index >= 15 is 0 Å². The van der Waals surface area contributed by atoms with Gasteiger partial charge in [-0.15, -0.1) is 0 Å². The number of anilines is 2. The fourth-order valence-corrected chi connectivity index (χ4v) is 3.61. The SMILES string of the molecule is Cc1cc(C)cc(N2N=N[C@@H]3C(=O)N(c4ccc(C)c(Cl)c4)C(=O)[C@@H]32)c1. The molecule has 1 saturated heterocycles. The van der Waals surface area contributed by atoms with Crippen molar-refractivity contribution in [2.24, 2.45) is 10.3 Å². The monoisotopic (exact) mass is 368 g/mol. The first-order valence-electron chi connectivity index (χ1n) is 8.29. The first-order valence-corrected chi connectivity index (χ1v) is 8.67. The minimum atomic E-state index is -0.830. The van der Waals surface area contributed by atoms with E-state index in [1.54, 1.807) is 23.2 Å². The molecule has 2 aromatic rings. The molecular weight excluding hydrogens is 352 g/mol. The van der Waals surface area contributed by atoms with Crippen molar-refractivity contribution in [1.82, 2.24) is 0 Å². The van der Waals surface area contributed by atoms with Gasteiger partial charge in [0.1, 0.15) is 0 Å². The number of aryl methyl sites for hydroxylation is 3. The number of halogens is 1. The topological polar surface area (TPSA) is 65.3 Å². The number of carbonyl (C=O) groups excluding carboxylic acids is 2. The highest BCUT2D eigenvalue weighted by Crippen LogP contribution is 2.36. The van der Waals surface area contributed by atoms with Gasteiger partial charge in [0.15, 0.2) is 12.1 Å². The van der Waals surface area contributed by atoms with Gasteiger partial charge in [-0.1, -0.05) is 29.0 Å². The lowest BCUT2D eigenvalue weighted by molar-refractivity contribution is -0.121. The number of imide groups is 1. The Kier molecular flexibility index (Phi) is 3.80. The summed E-state index contributed by atoms with van der Waals surface area (Å²) >= 11 is 6.17. The van der Waals surface area contributed by atoms with Crippen LogP contribution in [0.3, 0.4) is 0 Å². The molecule has 0 N–H and O–H groups in total. The van der Waals surface area contributed by atoms with E-state index in [1.807, 2.05) is 39.0 Å². The predicted molar refractivity (Wildman–Crippen MR) is 99.5 cm³/mol.